The summed E-state index contributed by atoms with van der Waals surface area (Å²) in [6, 6.07) is 0.984. The third kappa shape index (κ3) is 3.31. The predicted octanol–water partition coefficient (Wildman–Crippen LogP) is 0.599. The largest absolute Gasteiger partial charge is 0.475 e. The quantitative estimate of drug-likeness (QED) is 0.788. The van der Waals surface area contributed by atoms with E-state index in [0.29, 0.717) is 0 Å². The number of hydrogen-bond donors (Lipinski definition) is 2. The number of nitrogens with one attached hydrogen (secondary N) is 1. The number of furan rings is 1. The second-order valence-corrected chi connectivity index (χ2v) is 5.47. The highest BCUT2D eigenvalue weighted by Crippen LogP contribution is 2.19. The molecule has 0 amide bonds. The van der Waals surface area contributed by atoms with E-state index in [1.165, 1.54) is 14.0 Å². The number of carboxylic acid groups (broad SMARTS) is 1. The summed E-state index contributed by atoms with van der Waals surface area (Å²) < 4.78 is 35.8. The van der Waals surface area contributed by atoms with Crippen LogP contribution < -0.4 is 4.72 Å². The number of aromatic carboxylic acids is 1. The van der Waals surface area contributed by atoms with E-state index in [2.05, 4.69) is 4.72 Å². The van der Waals surface area contributed by atoms with Crippen LogP contribution in [0.5, 0.6) is 0 Å². The summed E-state index contributed by atoms with van der Waals surface area (Å²) >= 11 is 0. The normalized spacial score (nSPS) is 13.5. The number of ether oxygens (including phenoxy) is 1. The first-order valence-corrected chi connectivity index (χ1v) is 6.62. The number of rotatable bonds is 6. The van der Waals surface area contributed by atoms with Gasteiger partial charge in [-0.15, -0.1) is 0 Å². The molecule has 0 saturated carbocycles. The third-order valence-electron chi connectivity index (χ3n) is 2.34. The molecule has 1 rings (SSSR count). The molecule has 102 valence electrons. The number of sulfonamides is 1. The zero-order valence-corrected chi connectivity index (χ0v) is 11.1. The van der Waals surface area contributed by atoms with Crippen LogP contribution in [0.1, 0.15) is 23.2 Å². The number of carbonyl (C=O) groups is 1. The lowest BCUT2D eigenvalue weighted by Gasteiger charge is -2.10. The number of hydrogen-bond acceptors (Lipinski definition) is 5. The van der Waals surface area contributed by atoms with Gasteiger partial charge in [0, 0.05) is 19.7 Å². The van der Waals surface area contributed by atoms with Crippen molar-refractivity contribution in [2.75, 3.05) is 13.7 Å². The molecule has 1 aromatic heterocycles. The lowest BCUT2D eigenvalue weighted by atomic mass is 10.4. The van der Waals surface area contributed by atoms with E-state index in [-0.39, 0.29) is 23.3 Å². The van der Waals surface area contributed by atoms with Gasteiger partial charge >= 0.3 is 5.97 Å². The molecule has 18 heavy (non-hydrogen) atoms. The van der Waals surface area contributed by atoms with Gasteiger partial charge in [-0.1, -0.05) is 0 Å². The van der Waals surface area contributed by atoms with Crippen molar-refractivity contribution >= 4 is 16.0 Å². The molecule has 0 spiro atoms. The Kier molecular flexibility index (Phi) is 4.49. The maximum atomic E-state index is 11.9. The zero-order chi connectivity index (χ0) is 13.9. The lowest BCUT2D eigenvalue weighted by Crippen LogP contribution is -2.31. The molecule has 7 nitrogen and oxygen atoms in total. The highest BCUT2D eigenvalue weighted by molar-refractivity contribution is 7.89. The minimum absolute atomic E-state index is 0.0324. The molecule has 0 bridgehead atoms. The van der Waals surface area contributed by atoms with Gasteiger partial charge in [0.25, 0.3) is 0 Å². The summed E-state index contributed by atoms with van der Waals surface area (Å²) in [5.41, 5.74) is 0. The third-order valence-corrected chi connectivity index (χ3v) is 3.87. The van der Waals surface area contributed by atoms with Gasteiger partial charge in [0.1, 0.15) is 10.7 Å². The molecule has 0 aliphatic heterocycles. The highest BCUT2D eigenvalue weighted by atomic mass is 32.2. The summed E-state index contributed by atoms with van der Waals surface area (Å²) in [5, 5.41) is 8.72. The van der Waals surface area contributed by atoms with Crippen molar-refractivity contribution in [2.45, 2.75) is 24.8 Å². The van der Waals surface area contributed by atoms with Gasteiger partial charge in [0.15, 0.2) is 0 Å². The van der Waals surface area contributed by atoms with Crippen LogP contribution in [-0.2, 0) is 14.8 Å². The van der Waals surface area contributed by atoms with E-state index in [1.807, 2.05) is 0 Å². The molecule has 0 aromatic carbocycles. The second-order valence-electron chi connectivity index (χ2n) is 3.73. The monoisotopic (exact) mass is 277 g/mol. The average Bonchev–Trinajstić information content (AvgIpc) is 2.69. The lowest BCUT2D eigenvalue weighted by molar-refractivity contribution is 0.0661. The molecule has 1 aromatic rings. The van der Waals surface area contributed by atoms with Gasteiger partial charge in [-0.3, -0.25) is 0 Å². The Morgan fingerprint density at radius 2 is 2.22 bits per heavy atom. The van der Waals surface area contributed by atoms with Crippen LogP contribution in [0.15, 0.2) is 15.4 Å². The van der Waals surface area contributed by atoms with Crippen LogP contribution in [0.3, 0.4) is 0 Å². The van der Waals surface area contributed by atoms with Crippen molar-refractivity contribution in [3.8, 4) is 0 Å². The van der Waals surface area contributed by atoms with Crippen molar-refractivity contribution < 1.29 is 27.5 Å². The summed E-state index contributed by atoms with van der Waals surface area (Å²) in [6.45, 7) is 3.18. The smallest absolute Gasteiger partial charge is 0.371 e. The van der Waals surface area contributed by atoms with E-state index < -0.39 is 21.8 Å². The zero-order valence-electron chi connectivity index (χ0n) is 10.3. The van der Waals surface area contributed by atoms with Gasteiger partial charge < -0.3 is 14.3 Å². The second kappa shape index (κ2) is 5.51. The Morgan fingerprint density at radius 3 is 2.67 bits per heavy atom. The van der Waals surface area contributed by atoms with E-state index in [9.17, 15) is 13.2 Å². The van der Waals surface area contributed by atoms with Gasteiger partial charge in [-0.25, -0.2) is 17.9 Å². The maximum Gasteiger partial charge on any atom is 0.371 e. The van der Waals surface area contributed by atoms with E-state index in [1.54, 1.807) is 6.92 Å². The van der Waals surface area contributed by atoms with E-state index in [0.717, 1.165) is 6.07 Å². The maximum absolute atomic E-state index is 11.9. The molecule has 0 radical (unpaired) electrons. The van der Waals surface area contributed by atoms with Crippen LogP contribution in [0.25, 0.3) is 0 Å². The molecule has 1 atom stereocenters. The van der Waals surface area contributed by atoms with Gasteiger partial charge in [-0.2, -0.15) is 0 Å². The molecule has 8 heteroatoms. The first-order valence-electron chi connectivity index (χ1n) is 5.14. The van der Waals surface area contributed by atoms with Crippen LogP contribution in [0, 0.1) is 6.92 Å². The van der Waals surface area contributed by atoms with Crippen molar-refractivity contribution in [3.05, 3.63) is 17.6 Å². The molecular formula is C10H15NO6S. The van der Waals surface area contributed by atoms with Gasteiger partial charge in [-0.05, 0) is 13.8 Å². The van der Waals surface area contributed by atoms with Crippen LogP contribution in [0.2, 0.25) is 0 Å². The SMILES string of the molecule is COC(C)CNS(=O)(=O)c1cc(C(=O)O)oc1C. The summed E-state index contributed by atoms with van der Waals surface area (Å²) in [4.78, 5) is 10.5. The van der Waals surface area contributed by atoms with Gasteiger partial charge in [0.05, 0.1) is 6.10 Å². The molecule has 0 fully saturated rings. The molecule has 1 heterocycles. The van der Waals surface area contributed by atoms with Crippen molar-refractivity contribution in [1.29, 1.82) is 0 Å². The number of carboxylic acids is 1. The molecule has 0 saturated heterocycles. The van der Waals surface area contributed by atoms with Gasteiger partial charge in [0.2, 0.25) is 15.8 Å². The Morgan fingerprint density at radius 1 is 1.61 bits per heavy atom. The first-order chi connectivity index (χ1) is 8.27. The Hall–Kier alpha value is -1.38. The van der Waals surface area contributed by atoms with Crippen molar-refractivity contribution in [2.24, 2.45) is 0 Å². The minimum atomic E-state index is -3.80. The first kappa shape index (κ1) is 14.7. The van der Waals surface area contributed by atoms with Crippen molar-refractivity contribution in [3.63, 3.8) is 0 Å². The summed E-state index contributed by atoms with van der Waals surface area (Å²) in [5.74, 6) is -1.69. The fourth-order valence-electron chi connectivity index (χ4n) is 1.23. The van der Waals surface area contributed by atoms with E-state index in [4.69, 9.17) is 14.3 Å². The fraction of sp³-hybridized carbons (Fsp3) is 0.500. The number of methoxy groups -OCH3 is 1. The van der Waals surface area contributed by atoms with Crippen molar-refractivity contribution in [1.82, 2.24) is 4.72 Å². The summed E-state index contributed by atoms with van der Waals surface area (Å²) in [7, 11) is -2.33. The molecule has 0 aliphatic rings. The molecule has 1 unspecified atom stereocenters. The average molecular weight is 277 g/mol. The van der Waals surface area contributed by atoms with Crippen LogP contribution in [0.4, 0.5) is 0 Å². The molecule has 0 aliphatic carbocycles. The standard InChI is InChI=1S/C10H15NO6S/c1-6(16-3)5-11-18(14,15)9-4-8(10(12)13)17-7(9)2/h4,6,11H,5H2,1-3H3,(H,12,13). The van der Waals surface area contributed by atoms with Crippen LogP contribution >= 0.6 is 0 Å². The van der Waals surface area contributed by atoms with Crippen LogP contribution in [-0.4, -0.2) is 39.3 Å². The summed E-state index contributed by atoms with van der Waals surface area (Å²) in [6.07, 6.45) is -0.286. The van der Waals surface area contributed by atoms with E-state index >= 15 is 0 Å². The topological polar surface area (TPSA) is 106 Å². The Bertz CT molecular complexity index is 533. The molecular weight excluding hydrogens is 262 g/mol. The Labute approximate surface area is 105 Å². The predicted molar refractivity (Wildman–Crippen MR) is 62.1 cm³/mol. The molecule has 2 N–H and O–H groups in total. The minimum Gasteiger partial charge on any atom is -0.475 e. The Balaban J connectivity index is 2.95. The fourth-order valence-corrected chi connectivity index (χ4v) is 2.52. The highest BCUT2D eigenvalue weighted by Gasteiger charge is 2.23. The number of aryl methyl sites for hydroxylation is 1.